The van der Waals surface area contributed by atoms with Crippen molar-refractivity contribution in [1.29, 1.82) is 0 Å². The summed E-state index contributed by atoms with van der Waals surface area (Å²) >= 11 is 4.55. The van der Waals surface area contributed by atoms with Crippen LogP contribution in [-0.4, -0.2) is 31.4 Å². The molecule has 0 aliphatic heterocycles. The van der Waals surface area contributed by atoms with Crippen LogP contribution in [-0.2, 0) is 22.8 Å². The summed E-state index contributed by atoms with van der Waals surface area (Å²) in [6.45, 7) is 4.43. The molecule has 2 heterocycles. The van der Waals surface area contributed by atoms with Crippen molar-refractivity contribution in [2.75, 3.05) is 11.1 Å². The number of thioether (sulfide) groups is 2. The summed E-state index contributed by atoms with van der Waals surface area (Å²) in [6, 6.07) is 10.3. The van der Waals surface area contributed by atoms with Crippen molar-refractivity contribution in [2.45, 2.75) is 23.2 Å². The van der Waals surface area contributed by atoms with E-state index in [1.165, 1.54) is 28.7 Å². The summed E-state index contributed by atoms with van der Waals surface area (Å²) in [6.07, 6.45) is 3.47. The van der Waals surface area contributed by atoms with Crippen molar-refractivity contribution < 1.29 is 4.79 Å². The van der Waals surface area contributed by atoms with Crippen LogP contribution in [0.4, 0.5) is 5.13 Å². The Kier molecular flexibility index (Phi) is 7.49. The van der Waals surface area contributed by atoms with Gasteiger partial charge in [-0.25, -0.2) is 4.98 Å². The molecule has 140 valence electrons. The van der Waals surface area contributed by atoms with Gasteiger partial charge in [0.1, 0.15) is 5.82 Å². The summed E-state index contributed by atoms with van der Waals surface area (Å²) < 4.78 is 2.01. The molecule has 0 saturated carbocycles. The molecule has 0 atom stereocenters. The third-order valence-electron chi connectivity index (χ3n) is 3.46. The molecule has 0 saturated heterocycles. The van der Waals surface area contributed by atoms with Crippen LogP contribution in [0.2, 0.25) is 0 Å². The minimum Gasteiger partial charge on any atom is -0.301 e. The largest absolute Gasteiger partial charge is 0.301 e. The minimum atomic E-state index is -0.108. The van der Waals surface area contributed by atoms with Crippen molar-refractivity contribution in [3.05, 3.63) is 66.0 Å². The number of aromatic nitrogens is 4. The molecule has 0 fully saturated rings. The Labute approximate surface area is 170 Å². The molecule has 1 amide bonds. The van der Waals surface area contributed by atoms with Crippen LogP contribution < -0.4 is 5.32 Å². The van der Waals surface area contributed by atoms with Crippen LogP contribution in [0.1, 0.15) is 11.4 Å². The number of anilines is 1. The highest BCUT2D eigenvalue weighted by molar-refractivity contribution is 7.99. The minimum absolute atomic E-state index is 0.108. The quantitative estimate of drug-likeness (QED) is 0.396. The average Bonchev–Trinajstić information content (AvgIpc) is 3.32. The summed E-state index contributed by atoms with van der Waals surface area (Å²) in [5.41, 5.74) is 1.28. The van der Waals surface area contributed by atoms with Crippen molar-refractivity contribution in [2.24, 2.45) is 0 Å². The second-order valence-electron chi connectivity index (χ2n) is 5.45. The fourth-order valence-corrected chi connectivity index (χ4v) is 4.49. The second kappa shape index (κ2) is 10.3. The molecule has 0 aliphatic rings. The number of thiazole rings is 1. The van der Waals surface area contributed by atoms with Gasteiger partial charge in [-0.2, -0.15) is 0 Å². The predicted octanol–water partition coefficient (Wildman–Crippen LogP) is 4.08. The highest BCUT2D eigenvalue weighted by atomic mass is 32.2. The van der Waals surface area contributed by atoms with E-state index >= 15 is 0 Å². The first-order chi connectivity index (χ1) is 13.3. The number of nitrogens with one attached hydrogen (secondary N) is 1. The Balaban J connectivity index is 1.55. The first-order valence-corrected chi connectivity index (χ1v) is 11.2. The van der Waals surface area contributed by atoms with E-state index in [1.807, 2.05) is 34.2 Å². The van der Waals surface area contributed by atoms with Crippen LogP contribution in [0.3, 0.4) is 0 Å². The average molecular weight is 418 g/mol. The van der Waals surface area contributed by atoms with Crippen molar-refractivity contribution in [3.8, 4) is 0 Å². The van der Waals surface area contributed by atoms with Crippen LogP contribution in [0.25, 0.3) is 0 Å². The Morgan fingerprint density at radius 1 is 1.26 bits per heavy atom. The van der Waals surface area contributed by atoms with Gasteiger partial charge in [0.05, 0.1) is 11.5 Å². The second-order valence-corrected chi connectivity index (χ2v) is 8.27. The molecule has 9 heteroatoms. The van der Waals surface area contributed by atoms with Gasteiger partial charge in [0.15, 0.2) is 10.3 Å². The van der Waals surface area contributed by atoms with E-state index < -0.39 is 0 Å². The van der Waals surface area contributed by atoms with Gasteiger partial charge >= 0.3 is 0 Å². The Bertz CT molecular complexity index is 865. The number of carbonyl (C=O) groups is 1. The van der Waals surface area contributed by atoms with E-state index in [-0.39, 0.29) is 11.7 Å². The molecule has 0 unspecified atom stereocenters. The molecule has 1 aromatic carbocycles. The molecule has 3 rings (SSSR count). The summed E-state index contributed by atoms with van der Waals surface area (Å²) in [5.74, 6) is 2.70. The highest BCUT2D eigenvalue weighted by Crippen LogP contribution is 2.22. The SMILES string of the molecule is C=CCn1c(CSCc2ccccc2)nnc1SCC(=O)Nc1nccs1. The highest BCUT2D eigenvalue weighted by Gasteiger charge is 2.14. The first kappa shape index (κ1) is 19.7. The lowest BCUT2D eigenvalue weighted by Gasteiger charge is -2.07. The number of benzene rings is 1. The molecule has 0 radical (unpaired) electrons. The molecule has 0 bridgehead atoms. The molecule has 1 N–H and O–H groups in total. The van der Waals surface area contributed by atoms with Crippen molar-refractivity contribution in [3.63, 3.8) is 0 Å². The maximum absolute atomic E-state index is 12.0. The van der Waals surface area contributed by atoms with E-state index in [0.29, 0.717) is 11.7 Å². The standard InChI is InChI=1S/C18H19N5OS3/c1-2-9-23-15(12-25-11-14-6-4-3-5-7-14)21-22-18(23)27-13-16(24)20-17-19-8-10-26-17/h2-8,10H,1,9,11-13H2,(H,19,20,24). The maximum Gasteiger partial charge on any atom is 0.236 e. The molecule has 2 aromatic heterocycles. The summed E-state index contributed by atoms with van der Waals surface area (Å²) in [4.78, 5) is 16.1. The van der Waals surface area contributed by atoms with Gasteiger partial charge < -0.3 is 9.88 Å². The van der Waals surface area contributed by atoms with Gasteiger partial charge in [0, 0.05) is 23.9 Å². The van der Waals surface area contributed by atoms with Crippen LogP contribution >= 0.6 is 34.9 Å². The Morgan fingerprint density at radius 2 is 2.11 bits per heavy atom. The van der Waals surface area contributed by atoms with Gasteiger partial charge in [-0.1, -0.05) is 48.2 Å². The molecular formula is C18H19N5OS3. The molecular weight excluding hydrogens is 398 g/mol. The van der Waals surface area contributed by atoms with E-state index in [0.717, 1.165) is 22.5 Å². The van der Waals surface area contributed by atoms with Gasteiger partial charge in [0.25, 0.3) is 0 Å². The van der Waals surface area contributed by atoms with E-state index in [4.69, 9.17) is 0 Å². The molecule has 27 heavy (non-hydrogen) atoms. The smallest absolute Gasteiger partial charge is 0.236 e. The first-order valence-electron chi connectivity index (χ1n) is 8.23. The third kappa shape index (κ3) is 5.95. The number of carbonyl (C=O) groups excluding carboxylic acids is 1. The van der Waals surface area contributed by atoms with E-state index in [9.17, 15) is 4.79 Å². The fourth-order valence-electron chi connectivity index (χ4n) is 2.25. The van der Waals surface area contributed by atoms with E-state index in [2.05, 4.69) is 39.2 Å². The van der Waals surface area contributed by atoms with Crippen molar-refractivity contribution >= 4 is 45.9 Å². The number of nitrogens with zero attached hydrogens (tertiary/aromatic N) is 4. The zero-order chi connectivity index (χ0) is 18.9. The Morgan fingerprint density at radius 3 is 2.85 bits per heavy atom. The van der Waals surface area contributed by atoms with Crippen LogP contribution in [0, 0.1) is 0 Å². The molecule has 3 aromatic rings. The van der Waals surface area contributed by atoms with Crippen molar-refractivity contribution in [1.82, 2.24) is 19.7 Å². The number of rotatable bonds is 10. The monoisotopic (exact) mass is 417 g/mol. The summed E-state index contributed by atoms with van der Waals surface area (Å²) in [7, 11) is 0. The van der Waals surface area contributed by atoms with Gasteiger partial charge in [-0.15, -0.1) is 39.9 Å². The van der Waals surface area contributed by atoms with Crippen LogP contribution in [0.15, 0.2) is 59.7 Å². The van der Waals surface area contributed by atoms with Gasteiger partial charge in [-0.05, 0) is 5.56 Å². The summed E-state index contributed by atoms with van der Waals surface area (Å²) in [5, 5.41) is 14.5. The number of amides is 1. The third-order valence-corrected chi connectivity index (χ3v) is 6.11. The lowest BCUT2D eigenvalue weighted by molar-refractivity contribution is -0.113. The predicted molar refractivity (Wildman–Crippen MR) is 113 cm³/mol. The van der Waals surface area contributed by atoms with Gasteiger partial charge in [0.2, 0.25) is 5.91 Å². The van der Waals surface area contributed by atoms with Crippen LogP contribution in [0.5, 0.6) is 0 Å². The lowest BCUT2D eigenvalue weighted by atomic mass is 10.2. The zero-order valence-electron chi connectivity index (χ0n) is 14.6. The Hall–Kier alpha value is -2.10. The molecule has 0 aliphatic carbocycles. The topological polar surface area (TPSA) is 72.7 Å². The maximum atomic E-state index is 12.0. The number of hydrogen-bond donors (Lipinski definition) is 1. The molecule has 0 spiro atoms. The number of hydrogen-bond acceptors (Lipinski definition) is 7. The number of allylic oxidation sites excluding steroid dienone is 1. The fraction of sp³-hybridized carbons (Fsp3) is 0.222. The molecule has 6 nitrogen and oxygen atoms in total. The van der Waals surface area contributed by atoms with E-state index in [1.54, 1.807) is 18.0 Å². The van der Waals surface area contributed by atoms with Gasteiger partial charge in [-0.3, -0.25) is 4.79 Å². The normalized spacial score (nSPS) is 10.7. The zero-order valence-corrected chi connectivity index (χ0v) is 17.0. The lowest BCUT2D eigenvalue weighted by Crippen LogP contribution is -2.14.